The van der Waals surface area contributed by atoms with Crippen LogP contribution in [0.4, 0.5) is 0 Å². The number of hydrogen-bond acceptors (Lipinski definition) is 13. The van der Waals surface area contributed by atoms with Gasteiger partial charge in [-0.1, -0.05) is 87.0 Å². The highest BCUT2D eigenvalue weighted by molar-refractivity contribution is 6.00. The Bertz CT molecular complexity index is 2360. The van der Waals surface area contributed by atoms with Gasteiger partial charge in [-0.3, -0.25) is 47.9 Å². The van der Waals surface area contributed by atoms with Gasteiger partial charge in [-0.05, 0) is 131 Å². The number of nitrogens with one attached hydrogen (secondary N) is 8. The Morgan fingerprint density at radius 1 is 0.699 bits per heavy atom. The minimum Gasteiger partial charge on any atom is -0.448 e. The lowest BCUT2D eigenvalue weighted by Gasteiger charge is -2.44. The fourth-order valence-electron chi connectivity index (χ4n) is 10.6. The number of amides is 10. The summed E-state index contributed by atoms with van der Waals surface area (Å²) in [4.78, 5) is 148. The van der Waals surface area contributed by atoms with Crippen molar-refractivity contribution in [1.82, 2.24) is 62.2 Å². The number of oxazole rings is 1. The second-order valence-corrected chi connectivity index (χ2v) is 26.3. The van der Waals surface area contributed by atoms with Crippen LogP contribution in [-0.4, -0.2) is 165 Å². The number of carbonyl (C=O) groups is 10. The van der Waals surface area contributed by atoms with Gasteiger partial charge in [0.25, 0.3) is 5.91 Å². The molecule has 0 bridgehead atoms. The molecule has 23 heteroatoms. The van der Waals surface area contributed by atoms with Crippen molar-refractivity contribution >= 4 is 59.6 Å². The summed E-state index contributed by atoms with van der Waals surface area (Å²) >= 11 is 0. The highest BCUT2D eigenvalue weighted by Gasteiger charge is 2.44. The van der Waals surface area contributed by atoms with Gasteiger partial charge in [0, 0.05) is 33.0 Å². The highest BCUT2D eigenvalue weighted by Crippen LogP contribution is 2.32. The van der Waals surface area contributed by atoms with E-state index in [1.807, 2.05) is 60.5 Å². The topological polar surface area (TPSA) is 303 Å². The number of carbonyl (C=O) groups excluding carboxylic acids is 10. The summed E-state index contributed by atoms with van der Waals surface area (Å²) < 4.78 is 5.30. The Morgan fingerprint density at radius 3 is 1.71 bits per heavy atom. The molecule has 1 saturated carbocycles. The summed E-state index contributed by atoms with van der Waals surface area (Å²) in [6, 6.07) is -4.55. The molecule has 5 atom stereocenters. The van der Waals surface area contributed by atoms with Crippen LogP contribution in [0.2, 0.25) is 0 Å². The van der Waals surface area contributed by atoms with Crippen LogP contribution >= 0.6 is 0 Å². The predicted molar refractivity (Wildman–Crippen MR) is 317 cm³/mol. The second kappa shape index (κ2) is 32.2. The van der Waals surface area contributed by atoms with Gasteiger partial charge < -0.3 is 61.7 Å². The third-order valence-corrected chi connectivity index (χ3v) is 15.3. The summed E-state index contributed by atoms with van der Waals surface area (Å²) in [6.07, 6.45) is 11.2. The van der Waals surface area contributed by atoms with Crippen molar-refractivity contribution in [3.63, 3.8) is 0 Å². The number of rotatable bonds is 36. The summed E-state index contributed by atoms with van der Waals surface area (Å²) in [6.45, 7) is 25.0. The molecule has 1 aliphatic heterocycles. The lowest BCUT2D eigenvalue weighted by Crippen LogP contribution is -2.65. The zero-order chi connectivity index (χ0) is 62.6. The Kier molecular flexibility index (Phi) is 27.6. The van der Waals surface area contributed by atoms with Crippen LogP contribution in [0, 0.1) is 24.7 Å². The molecule has 2 fully saturated rings. The molecule has 1 aromatic rings. The van der Waals surface area contributed by atoms with Crippen molar-refractivity contribution in [1.29, 1.82) is 0 Å². The molecule has 1 aromatic heterocycles. The SMILES string of the molecule is CCCCCCCC[C@@H](C(=O)N[C@@H](CC(C)C)C(=O)NC(C)(C)C(=O)N[C@@H](CC(C)C)C(=O)N[C@@H](CC(C)C)C(=O)NC(C)(C)C(=O)NC(C)(C)C(=O)NCCC(=O)NC1(CN(C)C)CCC1)N(C=O)[C@@H]1CCCN1C(=O)c1coc(C)n1. The van der Waals surface area contributed by atoms with Crippen molar-refractivity contribution in [3.05, 3.63) is 17.8 Å². The quantitative estimate of drug-likeness (QED) is 0.0340. The minimum absolute atomic E-state index is 0.0459. The zero-order valence-corrected chi connectivity index (χ0v) is 53.0. The minimum atomic E-state index is -1.65. The molecule has 23 nitrogen and oxygen atoms in total. The van der Waals surface area contributed by atoms with E-state index in [2.05, 4.69) is 54.4 Å². The van der Waals surface area contributed by atoms with E-state index in [0.717, 1.165) is 57.9 Å². The van der Waals surface area contributed by atoms with Crippen molar-refractivity contribution < 1.29 is 52.4 Å². The zero-order valence-electron chi connectivity index (χ0n) is 53.0. The second-order valence-electron chi connectivity index (χ2n) is 26.3. The van der Waals surface area contributed by atoms with Crippen molar-refractivity contribution in [2.45, 2.75) is 252 Å². The third kappa shape index (κ3) is 22.4. The van der Waals surface area contributed by atoms with Crippen LogP contribution in [0.15, 0.2) is 10.7 Å². The first-order valence-corrected chi connectivity index (χ1v) is 30.3. The van der Waals surface area contributed by atoms with E-state index >= 15 is 0 Å². The van der Waals surface area contributed by atoms with E-state index in [0.29, 0.717) is 38.1 Å². The highest BCUT2D eigenvalue weighted by atomic mass is 16.3. The first kappa shape index (κ1) is 71.1. The molecule has 2 heterocycles. The smallest absolute Gasteiger partial charge is 0.277 e. The van der Waals surface area contributed by atoms with Gasteiger partial charge in [-0.2, -0.15) is 0 Å². The van der Waals surface area contributed by atoms with Gasteiger partial charge in [0.1, 0.15) is 53.2 Å². The maximum Gasteiger partial charge on any atom is 0.277 e. The molecular weight excluding hydrogens is 1060 g/mol. The molecule has 83 heavy (non-hydrogen) atoms. The first-order valence-electron chi connectivity index (χ1n) is 30.3. The molecule has 0 aromatic carbocycles. The van der Waals surface area contributed by atoms with Crippen LogP contribution in [0.1, 0.15) is 209 Å². The average molecular weight is 1170 g/mol. The molecule has 1 saturated heterocycles. The fourth-order valence-corrected chi connectivity index (χ4v) is 10.6. The largest absolute Gasteiger partial charge is 0.448 e. The Morgan fingerprint density at radius 2 is 1.22 bits per heavy atom. The summed E-state index contributed by atoms with van der Waals surface area (Å²) in [5, 5.41) is 22.6. The van der Waals surface area contributed by atoms with Gasteiger partial charge in [0.15, 0.2) is 11.6 Å². The Hall–Kier alpha value is -6.13. The standard InChI is InChI=1S/C60H104N12O11/c1-17-18-19-20-21-22-25-46(72(37-73)48-26-23-31-71(48)53(79)45-35-83-41(8)62-45)52(78)64-44(34-40(6)7)51(77)67-58(11,12)55(81)65-42(32-38(2)3)49(75)63-43(33-39(4)5)50(76)68-59(13,14)56(82)69-57(9,10)54(80)61-30-27-47(74)66-60(28-24-29-60)36-70(15)16/h35,37-40,42-44,46,48H,17-34,36H2,1-16H3,(H,61,80)(H,63,75)(H,64,78)(H,65,81)(H,66,74)(H,67,77)(H,68,76)(H,69,82)/t42-,43-,44-,46-,48+/m0/s1. The summed E-state index contributed by atoms with van der Waals surface area (Å²) in [5.41, 5.74) is -4.87. The molecule has 3 rings (SSSR count). The molecule has 470 valence electrons. The van der Waals surface area contributed by atoms with Crippen LogP contribution in [0.3, 0.4) is 0 Å². The number of likely N-dealkylation sites (N-methyl/N-ethyl adjacent to an activating group) is 1. The van der Waals surface area contributed by atoms with Gasteiger partial charge in [0.2, 0.25) is 53.7 Å². The fraction of sp³-hybridized carbons (Fsp3) is 0.783. The molecule has 2 aliphatic rings. The van der Waals surface area contributed by atoms with E-state index in [4.69, 9.17) is 4.42 Å². The average Bonchev–Trinajstić information content (AvgIpc) is 4.26. The maximum atomic E-state index is 14.6. The predicted octanol–water partition coefficient (Wildman–Crippen LogP) is 4.51. The van der Waals surface area contributed by atoms with Gasteiger partial charge in [0.05, 0.1) is 5.54 Å². The first-order chi connectivity index (χ1) is 38.7. The van der Waals surface area contributed by atoms with Crippen molar-refractivity contribution in [3.8, 4) is 0 Å². The lowest BCUT2D eigenvalue weighted by atomic mass is 9.76. The molecule has 0 spiro atoms. The van der Waals surface area contributed by atoms with E-state index in [1.54, 1.807) is 6.92 Å². The molecular formula is C60H104N12O11. The van der Waals surface area contributed by atoms with Crippen LogP contribution in [0.5, 0.6) is 0 Å². The molecule has 0 radical (unpaired) electrons. The van der Waals surface area contributed by atoms with E-state index in [9.17, 15) is 47.9 Å². The molecule has 0 unspecified atom stereocenters. The number of nitrogens with zero attached hydrogens (tertiary/aromatic N) is 4. The van der Waals surface area contributed by atoms with E-state index in [-0.39, 0.29) is 73.5 Å². The Labute approximate surface area is 494 Å². The van der Waals surface area contributed by atoms with Gasteiger partial charge in [-0.25, -0.2) is 4.98 Å². The number of aryl methyl sites for hydroxylation is 1. The van der Waals surface area contributed by atoms with E-state index < -0.39 is 94.2 Å². The third-order valence-electron chi connectivity index (χ3n) is 15.3. The number of aromatic nitrogens is 1. The van der Waals surface area contributed by atoms with Gasteiger partial charge >= 0.3 is 0 Å². The molecule has 10 amide bonds. The maximum absolute atomic E-state index is 14.6. The number of likely N-dealkylation sites (tertiary alicyclic amines) is 1. The monoisotopic (exact) mass is 1170 g/mol. The number of unbranched alkanes of at least 4 members (excludes halogenated alkanes) is 5. The Balaban J connectivity index is 1.75. The molecule has 1 aliphatic carbocycles. The van der Waals surface area contributed by atoms with Crippen LogP contribution in [-0.2, 0) is 43.2 Å². The molecule has 8 N–H and O–H groups in total. The van der Waals surface area contributed by atoms with Gasteiger partial charge in [-0.15, -0.1) is 0 Å². The van der Waals surface area contributed by atoms with Crippen LogP contribution < -0.4 is 42.5 Å². The summed E-state index contributed by atoms with van der Waals surface area (Å²) in [7, 11) is 3.91. The van der Waals surface area contributed by atoms with Crippen molar-refractivity contribution in [2.75, 3.05) is 33.7 Å². The lowest BCUT2D eigenvalue weighted by molar-refractivity contribution is -0.140. The number of hydrogen-bond donors (Lipinski definition) is 8. The normalized spacial score (nSPS) is 16.7. The summed E-state index contributed by atoms with van der Waals surface area (Å²) in [5.74, 6) is -5.20. The van der Waals surface area contributed by atoms with E-state index in [1.165, 1.54) is 57.6 Å². The van der Waals surface area contributed by atoms with Crippen LogP contribution in [0.25, 0.3) is 0 Å². The van der Waals surface area contributed by atoms with Crippen molar-refractivity contribution in [2.24, 2.45) is 17.8 Å².